The highest BCUT2D eigenvalue weighted by atomic mass is 35.5. The summed E-state index contributed by atoms with van der Waals surface area (Å²) in [5.74, 6) is -0.647. The van der Waals surface area contributed by atoms with Crippen molar-refractivity contribution in [3.05, 3.63) is 76.3 Å². The fraction of sp³-hybridized carbons (Fsp3) is 0.0556. The van der Waals surface area contributed by atoms with Crippen LogP contribution in [0.1, 0.15) is 11.1 Å². The molecule has 0 aliphatic carbocycles. The zero-order valence-electron chi connectivity index (χ0n) is 13.9. The zero-order valence-corrected chi connectivity index (χ0v) is 15.4. The van der Waals surface area contributed by atoms with Crippen molar-refractivity contribution in [3.63, 3.8) is 0 Å². The Hall–Kier alpha value is -2.84. The van der Waals surface area contributed by atoms with E-state index in [0.717, 1.165) is 18.2 Å². The lowest BCUT2D eigenvalue weighted by atomic mass is 10.1. The Kier molecular flexibility index (Phi) is 5.71. The summed E-state index contributed by atoms with van der Waals surface area (Å²) < 4.78 is 40.4. The molecule has 0 aliphatic rings. The number of halogens is 5. The number of hydrogen-bond acceptors (Lipinski definition) is 3. The third-order valence-electron chi connectivity index (χ3n) is 3.62. The Morgan fingerprint density at radius 1 is 1.14 bits per heavy atom. The van der Waals surface area contributed by atoms with Gasteiger partial charge in [-0.15, -0.1) is 0 Å². The summed E-state index contributed by atoms with van der Waals surface area (Å²) in [6, 6.07) is 7.65. The van der Waals surface area contributed by atoms with E-state index in [4.69, 9.17) is 23.2 Å². The van der Waals surface area contributed by atoms with Gasteiger partial charge in [0.05, 0.1) is 16.9 Å². The quantitative estimate of drug-likeness (QED) is 0.579. The van der Waals surface area contributed by atoms with E-state index in [1.807, 2.05) is 0 Å². The van der Waals surface area contributed by atoms with Gasteiger partial charge in [0.1, 0.15) is 12.7 Å². The van der Waals surface area contributed by atoms with Crippen LogP contribution in [0.3, 0.4) is 0 Å². The smallest absolute Gasteiger partial charge is 0.321 e. The van der Waals surface area contributed by atoms with Gasteiger partial charge in [-0.2, -0.15) is 18.3 Å². The van der Waals surface area contributed by atoms with E-state index in [1.165, 1.54) is 35.5 Å². The molecule has 1 heterocycles. The van der Waals surface area contributed by atoms with Gasteiger partial charge in [-0.3, -0.25) is 4.79 Å². The summed E-state index contributed by atoms with van der Waals surface area (Å²) in [5, 5.41) is 7.08. The predicted octanol–water partition coefficient (Wildman–Crippen LogP) is 5.24. The standard InChI is InChI=1S/C18H11Cl2F3N4O/c19-13-4-1-11(14(20)8-13)2-6-17(28)26-15-7-12(18(21,22)23)3-5-16(15)27-10-24-9-25-27/h1-10H,(H,26,28). The largest absolute Gasteiger partial charge is 0.416 e. The number of rotatable bonds is 4. The number of alkyl halides is 3. The minimum Gasteiger partial charge on any atom is -0.321 e. The van der Waals surface area contributed by atoms with Crippen molar-refractivity contribution in [1.82, 2.24) is 14.8 Å². The van der Waals surface area contributed by atoms with Gasteiger partial charge in [0.25, 0.3) is 0 Å². The second-order valence-corrected chi connectivity index (χ2v) is 6.40. The molecule has 5 nitrogen and oxygen atoms in total. The van der Waals surface area contributed by atoms with Gasteiger partial charge in [0.2, 0.25) is 5.91 Å². The third-order valence-corrected chi connectivity index (χ3v) is 4.19. The molecule has 0 spiro atoms. The summed E-state index contributed by atoms with van der Waals surface area (Å²) in [6.45, 7) is 0. The highest BCUT2D eigenvalue weighted by Gasteiger charge is 2.31. The van der Waals surface area contributed by atoms with E-state index in [2.05, 4.69) is 15.4 Å². The molecule has 0 fully saturated rings. The molecule has 1 N–H and O–H groups in total. The number of amides is 1. The van der Waals surface area contributed by atoms with Crippen LogP contribution < -0.4 is 5.32 Å². The topological polar surface area (TPSA) is 59.8 Å². The Morgan fingerprint density at radius 2 is 1.93 bits per heavy atom. The molecular formula is C18H11Cl2F3N4O. The van der Waals surface area contributed by atoms with Crippen LogP contribution in [0.15, 0.2) is 55.1 Å². The third kappa shape index (κ3) is 4.71. The molecule has 2 aromatic carbocycles. The maximum absolute atomic E-state index is 13.0. The van der Waals surface area contributed by atoms with Crippen LogP contribution in [0.5, 0.6) is 0 Å². The lowest BCUT2D eigenvalue weighted by molar-refractivity contribution is -0.137. The SMILES string of the molecule is O=C(C=Cc1ccc(Cl)cc1Cl)Nc1cc(C(F)(F)F)ccc1-n1cncn1. The second-order valence-electron chi connectivity index (χ2n) is 5.56. The molecular weight excluding hydrogens is 416 g/mol. The number of aromatic nitrogens is 3. The van der Waals surface area contributed by atoms with Crippen molar-refractivity contribution in [1.29, 1.82) is 0 Å². The molecule has 3 aromatic rings. The minimum atomic E-state index is -4.56. The fourth-order valence-electron chi connectivity index (χ4n) is 2.32. The lowest BCUT2D eigenvalue weighted by Gasteiger charge is -2.13. The predicted molar refractivity (Wildman–Crippen MR) is 100 cm³/mol. The molecule has 10 heteroatoms. The van der Waals surface area contributed by atoms with Crippen molar-refractivity contribution in [3.8, 4) is 5.69 Å². The van der Waals surface area contributed by atoms with E-state index < -0.39 is 17.6 Å². The van der Waals surface area contributed by atoms with Gasteiger partial charge in [0, 0.05) is 16.1 Å². The van der Waals surface area contributed by atoms with E-state index in [1.54, 1.807) is 12.1 Å². The van der Waals surface area contributed by atoms with Crippen LogP contribution in [0, 0.1) is 0 Å². The first-order valence-corrected chi connectivity index (χ1v) is 8.50. The van der Waals surface area contributed by atoms with Crippen LogP contribution in [0.2, 0.25) is 10.0 Å². The van der Waals surface area contributed by atoms with Crippen molar-refractivity contribution in [2.24, 2.45) is 0 Å². The van der Waals surface area contributed by atoms with E-state index in [0.29, 0.717) is 15.6 Å². The number of nitrogens with zero attached hydrogens (tertiary/aromatic N) is 3. The van der Waals surface area contributed by atoms with Crippen LogP contribution in [0.25, 0.3) is 11.8 Å². The number of nitrogens with one attached hydrogen (secondary N) is 1. The summed E-state index contributed by atoms with van der Waals surface area (Å²) >= 11 is 11.8. The Morgan fingerprint density at radius 3 is 2.57 bits per heavy atom. The number of anilines is 1. The molecule has 0 saturated carbocycles. The maximum Gasteiger partial charge on any atom is 0.416 e. The average Bonchev–Trinajstić information content (AvgIpc) is 3.14. The zero-order chi connectivity index (χ0) is 20.3. The van der Waals surface area contributed by atoms with Gasteiger partial charge in [0.15, 0.2) is 0 Å². The monoisotopic (exact) mass is 426 g/mol. The van der Waals surface area contributed by atoms with Crippen LogP contribution in [0.4, 0.5) is 18.9 Å². The number of hydrogen-bond donors (Lipinski definition) is 1. The molecule has 0 aliphatic heterocycles. The second kappa shape index (κ2) is 8.04. The number of carbonyl (C=O) groups excluding carboxylic acids is 1. The highest BCUT2D eigenvalue weighted by Crippen LogP contribution is 2.33. The van der Waals surface area contributed by atoms with Gasteiger partial charge in [-0.05, 0) is 42.0 Å². The van der Waals surface area contributed by atoms with Crippen LogP contribution in [-0.4, -0.2) is 20.7 Å². The molecule has 0 radical (unpaired) electrons. The Balaban J connectivity index is 1.89. The van der Waals surface area contributed by atoms with Crippen molar-refractivity contribution in [2.75, 3.05) is 5.32 Å². The molecule has 28 heavy (non-hydrogen) atoms. The molecule has 0 bridgehead atoms. The molecule has 0 saturated heterocycles. The fourth-order valence-corrected chi connectivity index (χ4v) is 2.79. The first-order valence-electron chi connectivity index (χ1n) is 7.74. The molecule has 0 unspecified atom stereocenters. The highest BCUT2D eigenvalue weighted by molar-refractivity contribution is 6.35. The van der Waals surface area contributed by atoms with Gasteiger partial charge in [-0.1, -0.05) is 29.3 Å². The molecule has 3 rings (SSSR count). The van der Waals surface area contributed by atoms with Gasteiger partial charge in [-0.25, -0.2) is 9.67 Å². The van der Waals surface area contributed by atoms with Gasteiger partial charge < -0.3 is 5.32 Å². The van der Waals surface area contributed by atoms with E-state index in [9.17, 15) is 18.0 Å². The maximum atomic E-state index is 13.0. The Labute approximate surface area is 167 Å². The van der Waals surface area contributed by atoms with Crippen molar-refractivity contribution in [2.45, 2.75) is 6.18 Å². The van der Waals surface area contributed by atoms with Gasteiger partial charge >= 0.3 is 6.18 Å². The normalized spacial score (nSPS) is 11.8. The molecule has 1 amide bonds. The van der Waals surface area contributed by atoms with Crippen LogP contribution in [-0.2, 0) is 11.0 Å². The Bertz CT molecular complexity index is 1030. The first-order chi connectivity index (χ1) is 13.2. The van der Waals surface area contributed by atoms with Crippen LogP contribution >= 0.6 is 23.2 Å². The van der Waals surface area contributed by atoms with Crippen molar-refractivity contribution < 1.29 is 18.0 Å². The summed E-state index contributed by atoms with van der Waals surface area (Å²) in [7, 11) is 0. The minimum absolute atomic E-state index is 0.0721. The summed E-state index contributed by atoms with van der Waals surface area (Å²) in [4.78, 5) is 16.0. The molecule has 1 aromatic heterocycles. The molecule has 0 atom stereocenters. The molecule has 144 valence electrons. The van der Waals surface area contributed by atoms with Crippen molar-refractivity contribution >= 4 is 40.9 Å². The average molecular weight is 427 g/mol. The number of benzene rings is 2. The first kappa shape index (κ1) is 19.9. The summed E-state index contributed by atoms with van der Waals surface area (Å²) in [5.41, 5.74) is -0.216. The van der Waals surface area contributed by atoms with E-state index >= 15 is 0 Å². The lowest BCUT2D eigenvalue weighted by Crippen LogP contribution is -2.13. The van der Waals surface area contributed by atoms with E-state index in [-0.39, 0.29) is 11.4 Å². The summed E-state index contributed by atoms with van der Waals surface area (Å²) in [6.07, 6.45) is 0.553. The number of carbonyl (C=O) groups is 1.